The zero-order chi connectivity index (χ0) is 18.7. The zero-order valence-electron chi connectivity index (χ0n) is 13.6. The fourth-order valence-electron chi connectivity index (χ4n) is 2.47. The molecule has 0 aliphatic rings. The van der Waals surface area contributed by atoms with E-state index in [4.69, 9.17) is 14.7 Å². The maximum atomic E-state index is 11.4. The lowest BCUT2D eigenvalue weighted by atomic mass is 10.1. The van der Waals surface area contributed by atoms with Gasteiger partial charge in [-0.2, -0.15) is 0 Å². The summed E-state index contributed by atoms with van der Waals surface area (Å²) in [5.41, 5.74) is 1.99. The van der Waals surface area contributed by atoms with Crippen molar-refractivity contribution in [2.24, 2.45) is 5.14 Å². The molecule has 134 valence electrons. The van der Waals surface area contributed by atoms with Crippen LogP contribution in [0.4, 0.5) is 0 Å². The third-order valence-electron chi connectivity index (χ3n) is 3.72. The van der Waals surface area contributed by atoms with Gasteiger partial charge in [-0.3, -0.25) is 4.79 Å². The number of nitrogens with two attached hydrogens (primary N) is 1. The molecule has 0 bridgehead atoms. The number of aryl methyl sites for hydroxylation is 1. The van der Waals surface area contributed by atoms with Crippen LogP contribution in [-0.2, 0) is 21.2 Å². The Morgan fingerprint density at radius 3 is 2.27 bits per heavy atom. The molecule has 0 atom stereocenters. The SMILES string of the molecule is NS(=O)(=O)c1ccc(-c2oc(CCC(=O)O)nc2-c2ccccc2)cc1. The number of nitrogens with zero attached hydrogens (tertiary/aromatic N) is 1. The molecule has 8 heteroatoms. The van der Waals surface area contributed by atoms with Gasteiger partial charge in [-0.15, -0.1) is 0 Å². The van der Waals surface area contributed by atoms with Crippen molar-refractivity contribution in [1.82, 2.24) is 4.98 Å². The summed E-state index contributed by atoms with van der Waals surface area (Å²) in [5, 5.41) is 14.0. The van der Waals surface area contributed by atoms with Crippen molar-refractivity contribution in [2.45, 2.75) is 17.7 Å². The van der Waals surface area contributed by atoms with Crippen LogP contribution < -0.4 is 5.14 Å². The van der Waals surface area contributed by atoms with Crippen molar-refractivity contribution in [2.75, 3.05) is 0 Å². The predicted molar refractivity (Wildman–Crippen MR) is 94.7 cm³/mol. The third-order valence-corrected chi connectivity index (χ3v) is 4.65. The van der Waals surface area contributed by atoms with Crippen LogP contribution in [0.5, 0.6) is 0 Å². The maximum Gasteiger partial charge on any atom is 0.303 e. The van der Waals surface area contributed by atoms with Gasteiger partial charge in [0.2, 0.25) is 10.0 Å². The topological polar surface area (TPSA) is 123 Å². The van der Waals surface area contributed by atoms with Crippen LogP contribution in [0.2, 0.25) is 0 Å². The summed E-state index contributed by atoms with van der Waals surface area (Å²) in [4.78, 5) is 15.2. The van der Waals surface area contributed by atoms with E-state index < -0.39 is 16.0 Å². The summed E-state index contributed by atoms with van der Waals surface area (Å²) in [6, 6.07) is 15.2. The van der Waals surface area contributed by atoms with Crippen molar-refractivity contribution in [1.29, 1.82) is 0 Å². The Labute approximate surface area is 150 Å². The summed E-state index contributed by atoms with van der Waals surface area (Å²) in [6.45, 7) is 0. The van der Waals surface area contributed by atoms with E-state index in [1.54, 1.807) is 12.1 Å². The number of primary sulfonamides is 1. The van der Waals surface area contributed by atoms with Gasteiger partial charge in [-0.25, -0.2) is 18.5 Å². The number of carbonyl (C=O) groups is 1. The average molecular weight is 372 g/mol. The van der Waals surface area contributed by atoms with E-state index in [-0.39, 0.29) is 17.7 Å². The lowest BCUT2D eigenvalue weighted by Gasteiger charge is -2.03. The minimum Gasteiger partial charge on any atom is -0.481 e. The van der Waals surface area contributed by atoms with Crippen molar-refractivity contribution in [3.05, 3.63) is 60.5 Å². The van der Waals surface area contributed by atoms with E-state index in [0.29, 0.717) is 22.9 Å². The first-order valence-electron chi connectivity index (χ1n) is 7.75. The fraction of sp³-hybridized carbons (Fsp3) is 0.111. The lowest BCUT2D eigenvalue weighted by Crippen LogP contribution is -2.11. The summed E-state index contributed by atoms with van der Waals surface area (Å²) in [6.07, 6.45) is 0.0585. The highest BCUT2D eigenvalue weighted by molar-refractivity contribution is 7.89. The number of aliphatic carboxylic acids is 1. The third kappa shape index (κ3) is 3.98. The molecule has 0 saturated heterocycles. The minimum absolute atomic E-state index is 0.00636. The smallest absolute Gasteiger partial charge is 0.303 e. The van der Waals surface area contributed by atoms with Crippen molar-refractivity contribution < 1.29 is 22.7 Å². The molecule has 0 saturated carbocycles. The molecule has 3 N–H and O–H groups in total. The van der Waals surface area contributed by atoms with Crippen LogP contribution in [0, 0.1) is 0 Å². The number of hydrogen-bond acceptors (Lipinski definition) is 5. The van der Waals surface area contributed by atoms with Gasteiger partial charge in [-0.05, 0) is 24.3 Å². The number of sulfonamides is 1. The van der Waals surface area contributed by atoms with Gasteiger partial charge >= 0.3 is 5.97 Å². The second-order valence-corrected chi connectivity index (χ2v) is 7.18. The van der Waals surface area contributed by atoms with Crippen LogP contribution in [-0.4, -0.2) is 24.5 Å². The Kier molecular flexibility index (Phi) is 4.88. The molecular formula is C18H16N2O5S. The largest absolute Gasteiger partial charge is 0.481 e. The maximum absolute atomic E-state index is 11.4. The molecule has 0 aliphatic heterocycles. The van der Waals surface area contributed by atoms with Gasteiger partial charge in [0.25, 0.3) is 0 Å². The Bertz CT molecular complexity index is 1030. The molecule has 1 heterocycles. The normalized spacial score (nSPS) is 11.4. The summed E-state index contributed by atoms with van der Waals surface area (Å²) in [7, 11) is -3.79. The van der Waals surface area contributed by atoms with Gasteiger partial charge < -0.3 is 9.52 Å². The zero-order valence-corrected chi connectivity index (χ0v) is 14.4. The monoisotopic (exact) mass is 372 g/mol. The first-order chi connectivity index (χ1) is 12.3. The minimum atomic E-state index is -3.79. The number of benzene rings is 2. The number of rotatable bonds is 6. The second kappa shape index (κ2) is 7.11. The lowest BCUT2D eigenvalue weighted by molar-refractivity contribution is -0.137. The predicted octanol–water partition coefficient (Wildman–Crippen LogP) is 2.67. The van der Waals surface area contributed by atoms with Gasteiger partial charge in [-0.1, -0.05) is 30.3 Å². The summed E-state index contributed by atoms with van der Waals surface area (Å²) < 4.78 is 28.6. The number of hydrogen-bond donors (Lipinski definition) is 2. The van der Waals surface area contributed by atoms with Crippen LogP contribution >= 0.6 is 0 Å². The molecule has 3 aromatic rings. The molecule has 0 aliphatic carbocycles. The van der Waals surface area contributed by atoms with Gasteiger partial charge in [0.15, 0.2) is 11.7 Å². The molecule has 0 fully saturated rings. The van der Waals surface area contributed by atoms with Gasteiger partial charge in [0.1, 0.15) is 5.69 Å². The molecule has 0 spiro atoms. The van der Waals surface area contributed by atoms with Crippen LogP contribution in [0.25, 0.3) is 22.6 Å². The Hall–Kier alpha value is -2.97. The summed E-state index contributed by atoms with van der Waals surface area (Å²) in [5.74, 6) is -0.196. The van der Waals surface area contributed by atoms with E-state index in [1.807, 2.05) is 30.3 Å². The molecule has 0 unspecified atom stereocenters. The van der Waals surface area contributed by atoms with Gasteiger partial charge in [0.05, 0.1) is 11.3 Å². The molecule has 7 nitrogen and oxygen atoms in total. The van der Waals surface area contributed by atoms with Crippen molar-refractivity contribution in [3.8, 4) is 22.6 Å². The number of aromatic nitrogens is 1. The van der Waals surface area contributed by atoms with Crippen LogP contribution in [0.3, 0.4) is 0 Å². The van der Waals surface area contributed by atoms with E-state index in [2.05, 4.69) is 4.98 Å². The standard InChI is InChI=1S/C18H16N2O5S/c19-26(23,24)14-8-6-13(7-9-14)18-17(12-4-2-1-3-5-12)20-15(25-18)10-11-16(21)22/h1-9H,10-11H2,(H,21,22)(H2,19,23,24). The fourth-order valence-corrected chi connectivity index (χ4v) is 2.98. The molecule has 3 rings (SSSR count). The number of carboxylic acid groups (broad SMARTS) is 1. The molecule has 2 aromatic carbocycles. The van der Waals surface area contributed by atoms with Gasteiger partial charge in [0, 0.05) is 17.5 Å². The highest BCUT2D eigenvalue weighted by Gasteiger charge is 2.18. The highest BCUT2D eigenvalue weighted by atomic mass is 32.2. The van der Waals surface area contributed by atoms with E-state index in [9.17, 15) is 13.2 Å². The average Bonchev–Trinajstić information content (AvgIpc) is 3.04. The summed E-state index contributed by atoms with van der Waals surface area (Å²) >= 11 is 0. The van der Waals surface area contributed by atoms with Crippen LogP contribution in [0.1, 0.15) is 12.3 Å². The molecule has 0 radical (unpaired) electrons. The van der Waals surface area contributed by atoms with E-state index >= 15 is 0 Å². The Morgan fingerprint density at radius 2 is 1.69 bits per heavy atom. The molecular weight excluding hydrogens is 356 g/mol. The van der Waals surface area contributed by atoms with Crippen molar-refractivity contribution in [3.63, 3.8) is 0 Å². The van der Waals surface area contributed by atoms with Crippen LogP contribution in [0.15, 0.2) is 63.9 Å². The first-order valence-corrected chi connectivity index (χ1v) is 9.29. The second-order valence-electron chi connectivity index (χ2n) is 5.61. The molecule has 1 aromatic heterocycles. The van der Waals surface area contributed by atoms with E-state index in [0.717, 1.165) is 5.56 Å². The quantitative estimate of drug-likeness (QED) is 0.685. The Balaban J connectivity index is 2.05. The Morgan fingerprint density at radius 1 is 1.04 bits per heavy atom. The highest BCUT2D eigenvalue weighted by Crippen LogP contribution is 2.33. The molecule has 0 amide bonds. The number of carboxylic acids is 1. The van der Waals surface area contributed by atoms with E-state index in [1.165, 1.54) is 12.1 Å². The van der Waals surface area contributed by atoms with Crippen molar-refractivity contribution >= 4 is 16.0 Å². The first kappa shape index (κ1) is 17.8. The molecule has 26 heavy (non-hydrogen) atoms. The number of oxazole rings is 1.